The predicted molar refractivity (Wildman–Crippen MR) is 136 cm³/mol. The van der Waals surface area contributed by atoms with Crippen LogP contribution in [0.15, 0.2) is 48.5 Å². The molecule has 0 N–H and O–H groups in total. The second kappa shape index (κ2) is 10.6. The number of ether oxygens (including phenoxy) is 1. The molecule has 2 heterocycles. The van der Waals surface area contributed by atoms with Crippen molar-refractivity contribution in [2.45, 2.75) is 64.7 Å². The molecule has 4 rings (SSSR count). The Kier molecular flexibility index (Phi) is 7.60. The summed E-state index contributed by atoms with van der Waals surface area (Å²) in [6.45, 7) is 8.89. The first-order valence-corrected chi connectivity index (χ1v) is 12.8. The minimum absolute atomic E-state index is 0.0315. The van der Waals surface area contributed by atoms with Crippen molar-refractivity contribution in [1.82, 2.24) is 4.90 Å². The van der Waals surface area contributed by atoms with Crippen LogP contribution in [0.25, 0.3) is 0 Å². The summed E-state index contributed by atoms with van der Waals surface area (Å²) in [6.07, 6.45) is 5.37. The van der Waals surface area contributed by atoms with E-state index in [1.54, 1.807) is 0 Å². The highest BCUT2D eigenvalue weighted by atomic mass is 16.5. The fourth-order valence-electron chi connectivity index (χ4n) is 4.95. The molecule has 2 aliphatic heterocycles. The molecule has 2 aliphatic rings. The zero-order valence-corrected chi connectivity index (χ0v) is 20.9. The number of hydrogen-bond acceptors (Lipinski definition) is 3. The SMILES string of the molecule is CCC(C)(C)c1ccc2c(c1)N(CCCC(=O)N1CCC(Cc3ccccc3)CC1)C(=O)CO2. The summed E-state index contributed by atoms with van der Waals surface area (Å²) in [7, 11) is 0. The highest BCUT2D eigenvalue weighted by Crippen LogP contribution is 2.37. The number of amides is 2. The number of carbonyl (C=O) groups excluding carboxylic acids is 2. The number of rotatable bonds is 8. The van der Waals surface area contributed by atoms with E-state index in [2.05, 4.69) is 63.2 Å². The zero-order valence-electron chi connectivity index (χ0n) is 20.9. The van der Waals surface area contributed by atoms with Crippen LogP contribution in [0.5, 0.6) is 5.75 Å². The van der Waals surface area contributed by atoms with E-state index in [1.807, 2.05) is 15.9 Å². The number of hydrogen-bond donors (Lipinski definition) is 0. The quantitative estimate of drug-likeness (QED) is 0.531. The van der Waals surface area contributed by atoms with Gasteiger partial charge >= 0.3 is 0 Å². The number of anilines is 1. The first-order valence-electron chi connectivity index (χ1n) is 12.8. The molecule has 0 bridgehead atoms. The van der Waals surface area contributed by atoms with Crippen molar-refractivity contribution < 1.29 is 14.3 Å². The van der Waals surface area contributed by atoms with Crippen LogP contribution in [0.1, 0.15) is 64.0 Å². The van der Waals surface area contributed by atoms with E-state index in [4.69, 9.17) is 4.74 Å². The van der Waals surface area contributed by atoms with Gasteiger partial charge in [-0.25, -0.2) is 0 Å². The van der Waals surface area contributed by atoms with Crippen LogP contribution in [-0.4, -0.2) is 43.0 Å². The Morgan fingerprint density at radius 2 is 1.82 bits per heavy atom. The van der Waals surface area contributed by atoms with Gasteiger partial charge in [0.15, 0.2) is 6.61 Å². The smallest absolute Gasteiger partial charge is 0.265 e. The maximum atomic E-state index is 12.9. The third kappa shape index (κ3) is 5.63. The van der Waals surface area contributed by atoms with Crippen LogP contribution < -0.4 is 9.64 Å². The van der Waals surface area contributed by atoms with Gasteiger partial charge in [-0.15, -0.1) is 0 Å². The van der Waals surface area contributed by atoms with Crippen molar-refractivity contribution in [3.05, 3.63) is 59.7 Å². The monoisotopic (exact) mass is 462 g/mol. The molecule has 2 aromatic carbocycles. The third-order valence-corrected chi connectivity index (χ3v) is 7.67. The largest absolute Gasteiger partial charge is 0.482 e. The molecule has 0 radical (unpaired) electrons. The summed E-state index contributed by atoms with van der Waals surface area (Å²) in [5.41, 5.74) is 3.45. The standard InChI is InChI=1S/C29H38N2O3/c1-4-29(2,3)24-12-13-26-25(20-24)31(28(33)21-34-26)16-8-11-27(32)30-17-14-23(15-18-30)19-22-9-6-5-7-10-22/h5-7,9-10,12-13,20,23H,4,8,11,14-19,21H2,1-3H3. The molecule has 0 saturated carbocycles. The van der Waals surface area contributed by atoms with Crippen molar-refractivity contribution in [2.24, 2.45) is 5.92 Å². The number of nitrogens with zero attached hydrogens (tertiary/aromatic N) is 2. The molecule has 0 aromatic heterocycles. The molecule has 5 nitrogen and oxygen atoms in total. The van der Waals surface area contributed by atoms with Crippen LogP contribution in [-0.2, 0) is 21.4 Å². The van der Waals surface area contributed by atoms with E-state index in [-0.39, 0.29) is 23.8 Å². The molecule has 34 heavy (non-hydrogen) atoms. The number of carbonyl (C=O) groups is 2. The van der Waals surface area contributed by atoms with Crippen molar-refractivity contribution in [1.29, 1.82) is 0 Å². The average molecular weight is 463 g/mol. The van der Waals surface area contributed by atoms with Gasteiger partial charge in [0.25, 0.3) is 5.91 Å². The van der Waals surface area contributed by atoms with Gasteiger partial charge in [-0.3, -0.25) is 9.59 Å². The summed E-state index contributed by atoms with van der Waals surface area (Å²) < 4.78 is 5.68. The molecule has 0 atom stereocenters. The molecule has 5 heteroatoms. The minimum atomic E-state index is -0.0341. The summed E-state index contributed by atoms with van der Waals surface area (Å²) in [5.74, 6) is 1.57. The molecule has 0 spiro atoms. The molecule has 2 amide bonds. The maximum absolute atomic E-state index is 12.9. The van der Waals surface area contributed by atoms with Crippen molar-refractivity contribution in [3.63, 3.8) is 0 Å². The second-order valence-electron chi connectivity index (χ2n) is 10.4. The molecular weight excluding hydrogens is 424 g/mol. The Hall–Kier alpha value is -2.82. The van der Waals surface area contributed by atoms with Crippen LogP contribution in [0.3, 0.4) is 0 Å². The van der Waals surface area contributed by atoms with E-state index >= 15 is 0 Å². The van der Waals surface area contributed by atoms with E-state index in [1.165, 1.54) is 11.1 Å². The second-order valence-corrected chi connectivity index (χ2v) is 10.4. The van der Waals surface area contributed by atoms with Gasteiger partial charge in [0.05, 0.1) is 5.69 Å². The first-order chi connectivity index (χ1) is 16.4. The Bertz CT molecular complexity index is 994. The fraction of sp³-hybridized carbons (Fsp3) is 0.517. The van der Waals surface area contributed by atoms with Crippen LogP contribution in [0.4, 0.5) is 5.69 Å². The average Bonchev–Trinajstić information content (AvgIpc) is 2.86. The Labute approximate surface area is 204 Å². The molecule has 1 fully saturated rings. The minimum Gasteiger partial charge on any atom is -0.482 e. The predicted octanol–water partition coefficient (Wildman–Crippen LogP) is 5.36. The van der Waals surface area contributed by atoms with Crippen LogP contribution in [0, 0.1) is 5.92 Å². The number of likely N-dealkylation sites (tertiary alicyclic amines) is 1. The molecular formula is C29H38N2O3. The first kappa shape index (κ1) is 24.3. The van der Waals surface area contributed by atoms with E-state index in [9.17, 15) is 9.59 Å². The number of benzene rings is 2. The Balaban J connectivity index is 1.29. The zero-order chi connectivity index (χ0) is 24.1. The highest BCUT2D eigenvalue weighted by molar-refractivity contribution is 5.98. The van der Waals surface area contributed by atoms with Gasteiger partial charge in [0.1, 0.15) is 5.75 Å². The molecule has 0 unspecified atom stereocenters. The Morgan fingerprint density at radius 3 is 2.53 bits per heavy atom. The lowest BCUT2D eigenvalue weighted by Gasteiger charge is -2.33. The van der Waals surface area contributed by atoms with Crippen molar-refractivity contribution in [2.75, 3.05) is 31.1 Å². The number of piperidine rings is 1. The van der Waals surface area contributed by atoms with Gasteiger partial charge in [-0.1, -0.05) is 57.2 Å². The van der Waals surface area contributed by atoms with Crippen LogP contribution >= 0.6 is 0 Å². The maximum Gasteiger partial charge on any atom is 0.265 e. The van der Waals surface area contributed by atoms with E-state index in [0.29, 0.717) is 25.3 Å². The lowest BCUT2D eigenvalue weighted by molar-refractivity contribution is -0.132. The lowest BCUT2D eigenvalue weighted by Crippen LogP contribution is -2.41. The molecule has 182 valence electrons. The molecule has 0 aliphatic carbocycles. The van der Waals surface area contributed by atoms with Gasteiger partial charge < -0.3 is 14.5 Å². The van der Waals surface area contributed by atoms with Gasteiger partial charge in [-0.05, 0) is 66.7 Å². The van der Waals surface area contributed by atoms with Gasteiger partial charge in [-0.2, -0.15) is 0 Å². The summed E-state index contributed by atoms with van der Waals surface area (Å²) in [6, 6.07) is 16.8. The fourth-order valence-corrected chi connectivity index (χ4v) is 4.95. The van der Waals surface area contributed by atoms with E-state index in [0.717, 1.165) is 50.2 Å². The van der Waals surface area contributed by atoms with Crippen LogP contribution in [0.2, 0.25) is 0 Å². The topological polar surface area (TPSA) is 49.9 Å². The van der Waals surface area contributed by atoms with Gasteiger partial charge in [0, 0.05) is 26.1 Å². The third-order valence-electron chi connectivity index (χ3n) is 7.67. The highest BCUT2D eigenvalue weighted by Gasteiger charge is 2.29. The van der Waals surface area contributed by atoms with E-state index < -0.39 is 0 Å². The van der Waals surface area contributed by atoms with Gasteiger partial charge in [0.2, 0.25) is 5.91 Å². The molecule has 2 aromatic rings. The molecule has 1 saturated heterocycles. The number of fused-ring (bicyclic) bond motifs is 1. The normalized spacial score (nSPS) is 16.9. The summed E-state index contributed by atoms with van der Waals surface area (Å²) >= 11 is 0. The van der Waals surface area contributed by atoms with Crippen molar-refractivity contribution >= 4 is 17.5 Å². The Morgan fingerprint density at radius 1 is 1.09 bits per heavy atom. The summed E-state index contributed by atoms with van der Waals surface area (Å²) in [4.78, 5) is 29.3. The summed E-state index contributed by atoms with van der Waals surface area (Å²) in [5, 5.41) is 0. The lowest BCUT2D eigenvalue weighted by atomic mass is 9.82. The van der Waals surface area contributed by atoms with Crippen molar-refractivity contribution in [3.8, 4) is 5.75 Å².